The Hall–Kier alpha value is -2.71. The van der Waals surface area contributed by atoms with E-state index in [0.717, 1.165) is 31.2 Å². The lowest BCUT2D eigenvalue weighted by molar-refractivity contribution is -0.125. The largest absolute Gasteiger partial charge is 0.452 e. The van der Waals surface area contributed by atoms with Crippen LogP contribution in [0.25, 0.3) is 0 Å². The normalized spacial score (nSPS) is 15.1. The van der Waals surface area contributed by atoms with Gasteiger partial charge in [-0.05, 0) is 36.6 Å². The average Bonchev–Trinajstić information content (AvgIpc) is 3.05. The van der Waals surface area contributed by atoms with Crippen LogP contribution in [0.15, 0.2) is 59.5 Å². The minimum Gasteiger partial charge on any atom is -0.452 e. The Labute approximate surface area is 183 Å². The summed E-state index contributed by atoms with van der Waals surface area (Å²) < 4.78 is 32.7. The Balaban J connectivity index is 1.54. The number of hydrogen-bond donors (Lipinski definition) is 2. The van der Waals surface area contributed by atoms with Crippen molar-refractivity contribution in [1.82, 2.24) is 10.0 Å². The highest BCUT2D eigenvalue weighted by Crippen LogP contribution is 2.17. The van der Waals surface area contributed by atoms with Crippen molar-refractivity contribution >= 4 is 21.9 Å². The van der Waals surface area contributed by atoms with Crippen molar-refractivity contribution in [3.63, 3.8) is 0 Å². The van der Waals surface area contributed by atoms with Crippen molar-refractivity contribution in [3.8, 4) is 0 Å². The Kier molecular flexibility index (Phi) is 8.20. The Morgan fingerprint density at radius 2 is 1.65 bits per heavy atom. The Morgan fingerprint density at radius 3 is 2.35 bits per heavy atom. The van der Waals surface area contributed by atoms with Crippen molar-refractivity contribution in [2.45, 2.75) is 56.0 Å². The summed E-state index contributed by atoms with van der Waals surface area (Å²) >= 11 is 0. The fourth-order valence-electron chi connectivity index (χ4n) is 3.56. The van der Waals surface area contributed by atoms with Gasteiger partial charge in [0.25, 0.3) is 5.91 Å². The lowest BCUT2D eigenvalue weighted by Crippen LogP contribution is -2.37. The van der Waals surface area contributed by atoms with Gasteiger partial charge in [0, 0.05) is 12.6 Å². The first-order valence-corrected chi connectivity index (χ1v) is 12.0. The van der Waals surface area contributed by atoms with Gasteiger partial charge in [0.2, 0.25) is 10.0 Å². The van der Waals surface area contributed by atoms with E-state index in [-0.39, 0.29) is 29.0 Å². The molecule has 2 aromatic carbocycles. The van der Waals surface area contributed by atoms with Gasteiger partial charge in [0.15, 0.2) is 6.61 Å². The zero-order valence-electron chi connectivity index (χ0n) is 17.4. The topological polar surface area (TPSA) is 102 Å². The number of amides is 1. The van der Waals surface area contributed by atoms with E-state index in [9.17, 15) is 18.0 Å². The van der Waals surface area contributed by atoms with Gasteiger partial charge >= 0.3 is 5.97 Å². The second-order valence-corrected chi connectivity index (χ2v) is 9.44. The lowest BCUT2D eigenvalue weighted by Gasteiger charge is -2.16. The minimum atomic E-state index is -3.81. The first-order valence-electron chi connectivity index (χ1n) is 10.5. The minimum absolute atomic E-state index is 0.0409. The fourth-order valence-corrected chi connectivity index (χ4v) is 4.62. The SMILES string of the molecule is O=C(COC(=O)c1cccc(S(=O)(=O)NCc2ccccc2)c1)NC1CCCCCC1. The highest BCUT2D eigenvalue weighted by molar-refractivity contribution is 7.89. The van der Waals surface area contributed by atoms with E-state index in [1.165, 1.54) is 37.1 Å². The van der Waals surface area contributed by atoms with Gasteiger partial charge in [0.05, 0.1) is 10.5 Å². The monoisotopic (exact) mass is 444 g/mol. The van der Waals surface area contributed by atoms with Gasteiger partial charge in [0.1, 0.15) is 0 Å². The third-order valence-electron chi connectivity index (χ3n) is 5.24. The van der Waals surface area contributed by atoms with Crippen LogP contribution in [0.5, 0.6) is 0 Å². The lowest BCUT2D eigenvalue weighted by atomic mass is 10.1. The van der Waals surface area contributed by atoms with Crippen LogP contribution >= 0.6 is 0 Å². The molecule has 31 heavy (non-hydrogen) atoms. The van der Waals surface area contributed by atoms with Crippen molar-refractivity contribution < 1.29 is 22.7 Å². The molecule has 0 spiro atoms. The molecule has 0 bridgehead atoms. The number of benzene rings is 2. The molecular weight excluding hydrogens is 416 g/mol. The fraction of sp³-hybridized carbons (Fsp3) is 0.391. The van der Waals surface area contributed by atoms with Crippen molar-refractivity contribution in [2.24, 2.45) is 0 Å². The molecule has 0 heterocycles. The summed E-state index contributed by atoms with van der Waals surface area (Å²) in [5.74, 6) is -1.08. The molecule has 8 heteroatoms. The molecule has 0 aliphatic heterocycles. The third kappa shape index (κ3) is 7.18. The van der Waals surface area contributed by atoms with Crippen molar-refractivity contribution in [3.05, 3.63) is 65.7 Å². The van der Waals surface area contributed by atoms with Crippen LogP contribution in [0.3, 0.4) is 0 Å². The van der Waals surface area contributed by atoms with E-state index in [2.05, 4.69) is 10.0 Å². The van der Waals surface area contributed by atoms with Gasteiger partial charge in [-0.25, -0.2) is 17.9 Å². The second kappa shape index (κ2) is 11.1. The molecule has 7 nitrogen and oxygen atoms in total. The molecule has 0 atom stereocenters. The average molecular weight is 445 g/mol. The number of hydrogen-bond acceptors (Lipinski definition) is 5. The second-order valence-electron chi connectivity index (χ2n) is 7.67. The van der Waals surface area contributed by atoms with E-state index in [1.54, 1.807) is 0 Å². The summed E-state index contributed by atoms with van der Waals surface area (Å²) in [7, 11) is -3.81. The molecule has 1 saturated carbocycles. The summed E-state index contributed by atoms with van der Waals surface area (Å²) in [6.45, 7) is -0.252. The molecule has 1 aliphatic carbocycles. The van der Waals surface area contributed by atoms with Crippen LogP contribution in [0.4, 0.5) is 0 Å². The maximum absolute atomic E-state index is 12.6. The Morgan fingerprint density at radius 1 is 0.935 bits per heavy atom. The van der Waals surface area contributed by atoms with E-state index in [4.69, 9.17) is 4.74 Å². The van der Waals surface area contributed by atoms with E-state index in [1.807, 2.05) is 30.3 Å². The van der Waals surface area contributed by atoms with Crippen molar-refractivity contribution in [1.29, 1.82) is 0 Å². The molecule has 2 N–H and O–H groups in total. The van der Waals surface area contributed by atoms with Crippen LogP contribution in [0.1, 0.15) is 54.4 Å². The highest BCUT2D eigenvalue weighted by atomic mass is 32.2. The van der Waals surface area contributed by atoms with Crippen LogP contribution in [0, 0.1) is 0 Å². The summed E-state index contributed by atoms with van der Waals surface area (Å²) in [5, 5.41) is 2.91. The van der Waals surface area contributed by atoms with Gasteiger partial charge in [-0.2, -0.15) is 0 Å². The van der Waals surface area contributed by atoms with E-state index >= 15 is 0 Å². The number of rotatable bonds is 8. The van der Waals surface area contributed by atoms with Crippen LogP contribution in [-0.4, -0.2) is 32.9 Å². The smallest absolute Gasteiger partial charge is 0.338 e. The molecular formula is C23H28N2O5S. The molecule has 0 aromatic heterocycles. The summed E-state index contributed by atoms with van der Waals surface area (Å²) in [5.41, 5.74) is 0.895. The van der Waals surface area contributed by atoms with Gasteiger partial charge in [-0.1, -0.05) is 62.1 Å². The molecule has 2 aromatic rings. The zero-order valence-corrected chi connectivity index (χ0v) is 18.2. The summed E-state index contributed by atoms with van der Waals surface area (Å²) in [6, 6.07) is 14.8. The number of carbonyl (C=O) groups is 2. The predicted molar refractivity (Wildman–Crippen MR) is 117 cm³/mol. The molecule has 0 radical (unpaired) electrons. The zero-order chi connectivity index (χ0) is 22.1. The molecule has 0 saturated heterocycles. The first kappa shape index (κ1) is 23.0. The summed E-state index contributed by atoms with van der Waals surface area (Å²) in [6.07, 6.45) is 6.42. The molecule has 1 fully saturated rings. The van der Waals surface area contributed by atoms with Crippen LogP contribution in [0.2, 0.25) is 0 Å². The quantitative estimate of drug-likeness (QED) is 0.481. The molecule has 1 aliphatic rings. The number of sulfonamides is 1. The van der Waals surface area contributed by atoms with E-state index < -0.39 is 22.6 Å². The third-order valence-corrected chi connectivity index (χ3v) is 6.64. The molecule has 1 amide bonds. The molecule has 3 rings (SSSR count). The number of nitrogens with one attached hydrogen (secondary N) is 2. The highest BCUT2D eigenvalue weighted by Gasteiger charge is 2.19. The number of esters is 1. The van der Waals surface area contributed by atoms with E-state index in [0.29, 0.717) is 0 Å². The predicted octanol–water partition coefficient (Wildman–Crippen LogP) is 3.16. The van der Waals surface area contributed by atoms with Gasteiger partial charge in [-0.3, -0.25) is 4.79 Å². The van der Waals surface area contributed by atoms with Crippen molar-refractivity contribution in [2.75, 3.05) is 6.61 Å². The Bertz CT molecular complexity index is 984. The molecule has 166 valence electrons. The summed E-state index contributed by atoms with van der Waals surface area (Å²) in [4.78, 5) is 24.4. The standard InChI is InChI=1S/C23H28N2O5S/c26-22(25-20-12-6-1-2-7-13-20)17-30-23(27)19-11-8-14-21(15-19)31(28,29)24-16-18-9-4-3-5-10-18/h3-5,8-11,14-15,20,24H,1-2,6-7,12-13,16-17H2,(H,25,26). The van der Waals surface area contributed by atoms with Crippen LogP contribution in [-0.2, 0) is 26.1 Å². The maximum atomic E-state index is 12.6. The molecule has 0 unspecified atom stereocenters. The number of ether oxygens (including phenoxy) is 1. The van der Waals surface area contributed by atoms with Gasteiger partial charge in [-0.15, -0.1) is 0 Å². The van der Waals surface area contributed by atoms with Gasteiger partial charge < -0.3 is 10.1 Å². The first-order chi connectivity index (χ1) is 14.9. The number of carbonyl (C=O) groups excluding carboxylic acids is 2. The van der Waals surface area contributed by atoms with Crippen LogP contribution < -0.4 is 10.0 Å². The maximum Gasteiger partial charge on any atom is 0.338 e.